The van der Waals surface area contributed by atoms with Crippen LogP contribution in [0.3, 0.4) is 0 Å². The van der Waals surface area contributed by atoms with Crippen LogP contribution in [0.1, 0.15) is 45.7 Å². The standard InChI is InChI=1S/C16H26FNO2/c1-11(18-10-12(19)9-16(2,3)4)14-7-6-13(20-5)8-15(14)17/h6-8,11-12,18-19H,9-10H2,1-5H3. The van der Waals surface area contributed by atoms with Crippen molar-refractivity contribution in [3.63, 3.8) is 0 Å². The van der Waals surface area contributed by atoms with Gasteiger partial charge in [0.1, 0.15) is 11.6 Å². The molecule has 0 saturated heterocycles. The van der Waals surface area contributed by atoms with Crippen LogP contribution < -0.4 is 10.1 Å². The number of hydrogen-bond donors (Lipinski definition) is 2. The van der Waals surface area contributed by atoms with E-state index in [1.165, 1.54) is 13.2 Å². The summed E-state index contributed by atoms with van der Waals surface area (Å²) in [6.07, 6.45) is 0.274. The lowest BCUT2D eigenvalue weighted by Gasteiger charge is -2.24. The third kappa shape index (κ3) is 5.47. The molecule has 0 aromatic heterocycles. The largest absolute Gasteiger partial charge is 0.497 e. The highest BCUT2D eigenvalue weighted by Crippen LogP contribution is 2.23. The van der Waals surface area contributed by atoms with Crippen molar-refractivity contribution in [2.24, 2.45) is 5.41 Å². The number of ether oxygens (including phenoxy) is 1. The fourth-order valence-corrected chi connectivity index (χ4v) is 2.19. The van der Waals surface area contributed by atoms with Gasteiger partial charge in [0.25, 0.3) is 0 Å². The first-order valence-electron chi connectivity index (χ1n) is 6.98. The van der Waals surface area contributed by atoms with Crippen LogP contribution in [0.4, 0.5) is 4.39 Å². The van der Waals surface area contributed by atoms with Gasteiger partial charge in [-0.2, -0.15) is 0 Å². The highest BCUT2D eigenvalue weighted by atomic mass is 19.1. The van der Waals surface area contributed by atoms with Gasteiger partial charge in [0.05, 0.1) is 13.2 Å². The molecule has 0 radical (unpaired) electrons. The Labute approximate surface area is 121 Å². The van der Waals surface area contributed by atoms with E-state index >= 15 is 0 Å². The molecule has 1 aromatic carbocycles. The summed E-state index contributed by atoms with van der Waals surface area (Å²) in [4.78, 5) is 0. The van der Waals surface area contributed by atoms with Crippen LogP contribution in [-0.4, -0.2) is 24.9 Å². The van der Waals surface area contributed by atoms with E-state index in [0.717, 1.165) is 0 Å². The normalized spacial score (nSPS) is 14.9. The van der Waals surface area contributed by atoms with E-state index in [1.807, 2.05) is 6.92 Å². The zero-order valence-corrected chi connectivity index (χ0v) is 13.0. The molecule has 0 aliphatic rings. The fraction of sp³-hybridized carbons (Fsp3) is 0.625. The predicted molar refractivity (Wildman–Crippen MR) is 79.4 cm³/mol. The minimum atomic E-state index is -0.432. The van der Waals surface area contributed by atoms with E-state index in [4.69, 9.17) is 4.74 Å². The first kappa shape index (κ1) is 16.9. The number of halogens is 1. The number of rotatable bonds is 6. The third-order valence-corrected chi connectivity index (χ3v) is 3.18. The molecule has 0 aliphatic carbocycles. The summed E-state index contributed by atoms with van der Waals surface area (Å²) in [6.45, 7) is 8.59. The van der Waals surface area contributed by atoms with Gasteiger partial charge >= 0.3 is 0 Å². The first-order chi connectivity index (χ1) is 9.23. The molecular formula is C16H26FNO2. The van der Waals surface area contributed by atoms with Gasteiger partial charge in [-0.1, -0.05) is 26.8 Å². The average Bonchev–Trinajstić information content (AvgIpc) is 2.33. The van der Waals surface area contributed by atoms with Crippen molar-refractivity contribution in [2.45, 2.75) is 46.3 Å². The molecule has 1 aromatic rings. The van der Waals surface area contributed by atoms with Crippen LogP contribution in [0.15, 0.2) is 18.2 Å². The summed E-state index contributed by atoms with van der Waals surface area (Å²) in [5, 5.41) is 13.1. The van der Waals surface area contributed by atoms with E-state index in [-0.39, 0.29) is 17.3 Å². The molecule has 0 spiro atoms. The number of aliphatic hydroxyl groups excluding tert-OH is 1. The maximum atomic E-state index is 13.9. The molecule has 114 valence electrons. The first-order valence-corrected chi connectivity index (χ1v) is 6.98. The molecule has 4 heteroatoms. The summed E-state index contributed by atoms with van der Waals surface area (Å²) < 4.78 is 18.9. The molecule has 0 aliphatic heterocycles. The van der Waals surface area contributed by atoms with Gasteiger partial charge in [-0.05, 0) is 24.8 Å². The Bertz CT molecular complexity index is 429. The lowest BCUT2D eigenvalue weighted by molar-refractivity contribution is 0.117. The zero-order valence-electron chi connectivity index (χ0n) is 13.0. The SMILES string of the molecule is COc1ccc(C(C)NCC(O)CC(C)(C)C)c(F)c1. The van der Waals surface area contributed by atoms with Crippen molar-refractivity contribution in [1.29, 1.82) is 0 Å². The second-order valence-corrected chi connectivity index (χ2v) is 6.44. The third-order valence-electron chi connectivity index (χ3n) is 3.18. The van der Waals surface area contributed by atoms with Crippen LogP contribution in [0.5, 0.6) is 5.75 Å². The molecule has 0 amide bonds. The van der Waals surface area contributed by atoms with Gasteiger partial charge in [0.2, 0.25) is 0 Å². The van der Waals surface area contributed by atoms with Crippen molar-refractivity contribution in [2.75, 3.05) is 13.7 Å². The monoisotopic (exact) mass is 283 g/mol. The van der Waals surface area contributed by atoms with Gasteiger partial charge < -0.3 is 15.2 Å². The molecule has 2 N–H and O–H groups in total. The maximum absolute atomic E-state index is 13.9. The van der Waals surface area contributed by atoms with Gasteiger partial charge in [-0.15, -0.1) is 0 Å². The number of nitrogens with one attached hydrogen (secondary N) is 1. The fourth-order valence-electron chi connectivity index (χ4n) is 2.19. The molecule has 0 bridgehead atoms. The van der Waals surface area contributed by atoms with E-state index in [0.29, 0.717) is 24.3 Å². The van der Waals surface area contributed by atoms with E-state index in [9.17, 15) is 9.50 Å². The second kappa shape index (κ2) is 7.04. The Hall–Kier alpha value is -1.13. The maximum Gasteiger partial charge on any atom is 0.131 e. The Morgan fingerprint density at radius 3 is 2.50 bits per heavy atom. The molecule has 0 heterocycles. The van der Waals surface area contributed by atoms with Gasteiger partial charge in [-0.25, -0.2) is 4.39 Å². The summed E-state index contributed by atoms with van der Waals surface area (Å²) in [6, 6.07) is 4.67. The molecule has 0 fully saturated rings. The predicted octanol–water partition coefficient (Wildman–Crippen LogP) is 3.28. The molecular weight excluding hydrogens is 257 g/mol. The van der Waals surface area contributed by atoms with Crippen molar-refractivity contribution in [3.05, 3.63) is 29.6 Å². The van der Waals surface area contributed by atoms with Crippen molar-refractivity contribution < 1.29 is 14.2 Å². The van der Waals surface area contributed by atoms with Crippen LogP contribution >= 0.6 is 0 Å². The minimum Gasteiger partial charge on any atom is -0.497 e. The number of methoxy groups -OCH3 is 1. The molecule has 2 atom stereocenters. The van der Waals surface area contributed by atoms with Crippen molar-refractivity contribution in [3.8, 4) is 5.75 Å². The lowest BCUT2D eigenvalue weighted by Crippen LogP contribution is -2.32. The summed E-state index contributed by atoms with van der Waals surface area (Å²) in [7, 11) is 1.51. The number of hydrogen-bond acceptors (Lipinski definition) is 3. The van der Waals surface area contributed by atoms with E-state index < -0.39 is 6.10 Å². The average molecular weight is 283 g/mol. The van der Waals surface area contributed by atoms with E-state index in [1.54, 1.807) is 12.1 Å². The van der Waals surface area contributed by atoms with Crippen LogP contribution in [-0.2, 0) is 0 Å². The highest BCUT2D eigenvalue weighted by molar-refractivity contribution is 5.30. The summed E-state index contributed by atoms with van der Waals surface area (Å²) >= 11 is 0. The van der Waals surface area contributed by atoms with Gasteiger partial charge in [0.15, 0.2) is 0 Å². The smallest absolute Gasteiger partial charge is 0.131 e. The summed E-state index contributed by atoms with van der Waals surface area (Å²) in [5.74, 6) is 0.209. The van der Waals surface area contributed by atoms with Crippen molar-refractivity contribution in [1.82, 2.24) is 5.32 Å². The molecule has 0 saturated carbocycles. The molecule has 2 unspecified atom stereocenters. The molecule has 1 rings (SSSR count). The van der Waals surface area contributed by atoms with E-state index in [2.05, 4.69) is 26.1 Å². The van der Waals surface area contributed by atoms with Gasteiger partial charge in [-0.3, -0.25) is 0 Å². The van der Waals surface area contributed by atoms with Gasteiger partial charge in [0, 0.05) is 24.2 Å². The van der Waals surface area contributed by atoms with Crippen molar-refractivity contribution >= 4 is 0 Å². The second-order valence-electron chi connectivity index (χ2n) is 6.44. The number of aliphatic hydroxyl groups is 1. The lowest BCUT2D eigenvalue weighted by atomic mass is 9.89. The molecule has 20 heavy (non-hydrogen) atoms. The Morgan fingerprint density at radius 1 is 1.35 bits per heavy atom. The topological polar surface area (TPSA) is 41.5 Å². The number of benzene rings is 1. The van der Waals surface area contributed by atoms with Crippen LogP contribution in [0.25, 0.3) is 0 Å². The minimum absolute atomic E-state index is 0.0791. The van der Waals surface area contributed by atoms with Crippen LogP contribution in [0, 0.1) is 11.2 Å². The highest BCUT2D eigenvalue weighted by Gasteiger charge is 2.18. The zero-order chi connectivity index (χ0) is 15.3. The summed E-state index contributed by atoms with van der Waals surface area (Å²) in [5.41, 5.74) is 0.657. The Morgan fingerprint density at radius 2 is 2.00 bits per heavy atom. The van der Waals surface area contributed by atoms with Crippen LogP contribution in [0.2, 0.25) is 0 Å². The Kier molecular flexibility index (Phi) is 5.96. The molecule has 3 nitrogen and oxygen atoms in total. The quantitative estimate of drug-likeness (QED) is 0.842. The Balaban J connectivity index is 2.56.